The van der Waals surface area contributed by atoms with Crippen LogP contribution < -0.4 is 4.74 Å². The van der Waals surface area contributed by atoms with Crippen molar-refractivity contribution in [3.63, 3.8) is 0 Å². The van der Waals surface area contributed by atoms with Crippen LogP contribution in [0.2, 0.25) is 0 Å². The number of benzene rings is 1. The van der Waals surface area contributed by atoms with Gasteiger partial charge in [0, 0.05) is 20.5 Å². The average Bonchev–Trinajstić information content (AvgIpc) is 2.37. The summed E-state index contributed by atoms with van der Waals surface area (Å²) in [6.07, 6.45) is 1.05. The normalized spacial score (nSPS) is 9.89. The highest BCUT2D eigenvalue weighted by atomic mass is 32.1. The number of carbonyl (C=O) groups is 1. The molecular formula is C14H19NO3S. The maximum atomic E-state index is 11.1. The molecule has 5 heteroatoms. The fraction of sp³-hybridized carbons (Fsp3) is 0.429. The summed E-state index contributed by atoms with van der Waals surface area (Å²) in [6, 6.07) is 5.73. The third-order valence-electron chi connectivity index (χ3n) is 2.71. The highest BCUT2D eigenvalue weighted by Crippen LogP contribution is 2.19. The molecule has 19 heavy (non-hydrogen) atoms. The van der Waals surface area contributed by atoms with Crippen LogP contribution in [0.3, 0.4) is 0 Å². The van der Waals surface area contributed by atoms with E-state index in [1.165, 1.54) is 7.11 Å². The molecule has 0 aliphatic heterocycles. The van der Waals surface area contributed by atoms with Crippen LogP contribution in [0.1, 0.15) is 17.5 Å². The van der Waals surface area contributed by atoms with Gasteiger partial charge in [0.1, 0.15) is 5.75 Å². The van der Waals surface area contributed by atoms with Crippen molar-refractivity contribution >= 4 is 23.4 Å². The highest BCUT2D eigenvalue weighted by Gasteiger charge is 2.07. The second kappa shape index (κ2) is 7.09. The molecule has 0 saturated heterocycles. The summed E-state index contributed by atoms with van der Waals surface area (Å²) in [6.45, 7) is 1.98. The quantitative estimate of drug-likeness (QED) is 0.625. The van der Waals surface area contributed by atoms with E-state index in [2.05, 4.69) is 4.74 Å². The van der Waals surface area contributed by atoms with E-state index in [4.69, 9.17) is 17.0 Å². The zero-order valence-electron chi connectivity index (χ0n) is 11.7. The standard InChI is InChI=1S/C14H19NO3S/c1-10-9-12(18-14(19)15(2)3)7-5-11(10)6-8-13(16)17-4/h5,7,9H,6,8H2,1-4H3. The van der Waals surface area contributed by atoms with Crippen LogP contribution in [0.25, 0.3) is 0 Å². The summed E-state index contributed by atoms with van der Waals surface area (Å²) in [4.78, 5) is 12.8. The third kappa shape index (κ3) is 4.87. The molecule has 1 aromatic carbocycles. The number of ether oxygens (including phenoxy) is 2. The van der Waals surface area contributed by atoms with Crippen molar-refractivity contribution in [3.05, 3.63) is 29.3 Å². The van der Waals surface area contributed by atoms with Crippen LogP contribution in [0.4, 0.5) is 0 Å². The largest absolute Gasteiger partial charge is 0.469 e. The molecule has 0 amide bonds. The Bertz CT molecular complexity index is 472. The molecule has 0 fully saturated rings. The molecule has 1 aromatic rings. The van der Waals surface area contributed by atoms with E-state index in [-0.39, 0.29) is 5.97 Å². The fourth-order valence-corrected chi connectivity index (χ4v) is 1.64. The van der Waals surface area contributed by atoms with Crippen LogP contribution in [0, 0.1) is 6.92 Å². The predicted octanol–water partition coefficient (Wildman–Crippen LogP) is 2.33. The SMILES string of the molecule is COC(=O)CCc1ccc(OC(=S)N(C)C)cc1C. The van der Waals surface area contributed by atoms with Gasteiger partial charge in [-0.2, -0.15) is 0 Å². The Morgan fingerprint density at radius 3 is 2.58 bits per heavy atom. The van der Waals surface area contributed by atoms with Crippen molar-refractivity contribution in [2.45, 2.75) is 19.8 Å². The fourth-order valence-electron chi connectivity index (χ4n) is 1.54. The van der Waals surface area contributed by atoms with Crippen molar-refractivity contribution in [1.82, 2.24) is 4.90 Å². The van der Waals surface area contributed by atoms with Gasteiger partial charge in [0.2, 0.25) is 0 Å². The summed E-state index contributed by atoms with van der Waals surface area (Å²) in [5, 5.41) is 0.418. The van der Waals surface area contributed by atoms with Crippen molar-refractivity contribution in [2.75, 3.05) is 21.2 Å². The van der Waals surface area contributed by atoms with E-state index in [1.54, 1.807) is 4.90 Å². The molecule has 0 atom stereocenters. The minimum Gasteiger partial charge on any atom is -0.469 e. The van der Waals surface area contributed by atoms with Crippen molar-refractivity contribution in [1.29, 1.82) is 0 Å². The Kier molecular flexibility index (Phi) is 5.76. The molecule has 0 aliphatic carbocycles. The van der Waals surface area contributed by atoms with Gasteiger partial charge in [0.05, 0.1) is 7.11 Å². The average molecular weight is 281 g/mol. The zero-order chi connectivity index (χ0) is 14.4. The predicted molar refractivity (Wildman–Crippen MR) is 78.4 cm³/mol. The first kappa shape index (κ1) is 15.4. The number of methoxy groups -OCH3 is 1. The van der Waals surface area contributed by atoms with Crippen molar-refractivity contribution in [3.8, 4) is 5.75 Å². The van der Waals surface area contributed by atoms with Crippen LogP contribution >= 0.6 is 12.2 Å². The van der Waals surface area contributed by atoms with Gasteiger partial charge in [-0.25, -0.2) is 0 Å². The first-order chi connectivity index (χ1) is 8.93. The monoisotopic (exact) mass is 281 g/mol. The molecule has 0 saturated carbocycles. The Labute approximate surface area is 119 Å². The Morgan fingerprint density at radius 2 is 2.05 bits per heavy atom. The van der Waals surface area contributed by atoms with Gasteiger partial charge in [-0.15, -0.1) is 0 Å². The van der Waals surface area contributed by atoms with E-state index >= 15 is 0 Å². The lowest BCUT2D eigenvalue weighted by molar-refractivity contribution is -0.140. The van der Waals surface area contributed by atoms with Crippen molar-refractivity contribution in [2.24, 2.45) is 0 Å². The van der Waals surface area contributed by atoms with Crippen LogP contribution in [-0.2, 0) is 16.0 Å². The molecule has 0 radical (unpaired) electrons. The Morgan fingerprint density at radius 1 is 1.37 bits per heavy atom. The van der Waals surface area contributed by atoms with E-state index in [1.807, 2.05) is 39.2 Å². The molecule has 4 nitrogen and oxygen atoms in total. The highest BCUT2D eigenvalue weighted by molar-refractivity contribution is 7.80. The number of esters is 1. The summed E-state index contributed by atoms with van der Waals surface area (Å²) >= 11 is 5.08. The van der Waals surface area contributed by atoms with Crippen LogP contribution in [0.5, 0.6) is 5.75 Å². The van der Waals surface area contributed by atoms with Gasteiger partial charge in [-0.05, 0) is 48.8 Å². The molecule has 1 rings (SSSR count). The maximum Gasteiger partial charge on any atom is 0.305 e. The van der Waals surface area contributed by atoms with Gasteiger partial charge in [-0.1, -0.05) is 6.07 Å². The first-order valence-corrected chi connectivity index (χ1v) is 6.40. The third-order valence-corrected chi connectivity index (χ3v) is 3.16. The Balaban J connectivity index is 2.69. The minimum absolute atomic E-state index is 0.200. The van der Waals surface area contributed by atoms with Gasteiger partial charge in [-0.3, -0.25) is 4.79 Å². The molecule has 0 spiro atoms. The van der Waals surface area contributed by atoms with E-state index in [9.17, 15) is 4.79 Å². The summed E-state index contributed by atoms with van der Waals surface area (Å²) < 4.78 is 10.2. The van der Waals surface area contributed by atoms with E-state index in [0.717, 1.165) is 11.1 Å². The van der Waals surface area contributed by atoms with Gasteiger partial charge < -0.3 is 14.4 Å². The minimum atomic E-state index is -0.200. The lowest BCUT2D eigenvalue weighted by atomic mass is 10.0. The topological polar surface area (TPSA) is 38.8 Å². The maximum absolute atomic E-state index is 11.1. The second-order valence-electron chi connectivity index (χ2n) is 4.43. The number of hydrogen-bond acceptors (Lipinski definition) is 4. The molecule has 0 aromatic heterocycles. The molecule has 0 N–H and O–H groups in total. The van der Waals surface area contributed by atoms with Gasteiger partial charge >= 0.3 is 5.97 Å². The lowest BCUT2D eigenvalue weighted by Gasteiger charge is -2.15. The number of thiocarbonyl (C=S) groups is 1. The van der Waals surface area contributed by atoms with Gasteiger partial charge in [0.25, 0.3) is 5.17 Å². The molecule has 0 unspecified atom stereocenters. The first-order valence-electron chi connectivity index (χ1n) is 5.99. The molecule has 0 heterocycles. The van der Waals surface area contributed by atoms with E-state index < -0.39 is 0 Å². The summed E-state index contributed by atoms with van der Waals surface area (Å²) in [7, 11) is 5.06. The molecule has 0 aliphatic rings. The molecule has 0 bridgehead atoms. The number of carbonyl (C=O) groups excluding carboxylic acids is 1. The smallest absolute Gasteiger partial charge is 0.305 e. The van der Waals surface area contributed by atoms with Crippen LogP contribution in [-0.4, -0.2) is 37.2 Å². The van der Waals surface area contributed by atoms with Crippen LogP contribution in [0.15, 0.2) is 18.2 Å². The zero-order valence-corrected chi connectivity index (χ0v) is 12.5. The number of aryl methyl sites for hydroxylation is 2. The lowest BCUT2D eigenvalue weighted by Crippen LogP contribution is -2.25. The number of rotatable bonds is 4. The van der Waals surface area contributed by atoms with Gasteiger partial charge in [0.15, 0.2) is 0 Å². The summed E-state index contributed by atoms with van der Waals surface area (Å²) in [5.74, 6) is 0.506. The van der Waals surface area contributed by atoms with E-state index in [0.29, 0.717) is 23.8 Å². The van der Waals surface area contributed by atoms with Crippen molar-refractivity contribution < 1.29 is 14.3 Å². The molecular weight excluding hydrogens is 262 g/mol. The summed E-state index contributed by atoms with van der Waals surface area (Å²) in [5.41, 5.74) is 2.18. The molecule has 104 valence electrons. The second-order valence-corrected chi connectivity index (χ2v) is 4.78. The Hall–Kier alpha value is -1.62. The number of nitrogens with zero attached hydrogens (tertiary/aromatic N) is 1. The number of hydrogen-bond donors (Lipinski definition) is 0.